The number of aliphatic hydroxyl groups is 1. The number of carbonyl (C=O) groups is 2. The molecule has 0 spiro atoms. The third kappa shape index (κ3) is 4.79. The summed E-state index contributed by atoms with van der Waals surface area (Å²) in [7, 11) is 0. The topological polar surface area (TPSA) is 75.6 Å². The lowest BCUT2D eigenvalue weighted by Gasteiger charge is -2.14. The summed E-state index contributed by atoms with van der Waals surface area (Å²) >= 11 is 0. The molecule has 0 heterocycles. The summed E-state index contributed by atoms with van der Waals surface area (Å²) in [5.41, 5.74) is 0.916. The summed E-state index contributed by atoms with van der Waals surface area (Å²) in [5, 5.41) is 12.5. The lowest BCUT2D eigenvalue weighted by Crippen LogP contribution is -2.31. The molecule has 1 amide bonds. The maximum absolute atomic E-state index is 11.5. The van der Waals surface area contributed by atoms with Gasteiger partial charge < -0.3 is 15.2 Å². The number of amides is 1. The molecule has 1 saturated carbocycles. The minimum absolute atomic E-state index is 0.00848. The molecule has 0 saturated heterocycles. The number of rotatable bonds is 6. The van der Waals surface area contributed by atoms with Gasteiger partial charge in [0.05, 0.1) is 18.4 Å². The molecule has 5 nitrogen and oxygen atoms in total. The second-order valence-electron chi connectivity index (χ2n) is 5.13. The Kier molecular flexibility index (Phi) is 5.63. The van der Waals surface area contributed by atoms with Crippen LogP contribution in [0.4, 0.5) is 4.79 Å². The first-order valence-electron chi connectivity index (χ1n) is 7.16. The predicted octanol–water partition coefficient (Wildman–Crippen LogP) is 1.85. The Morgan fingerprint density at radius 3 is 2.86 bits per heavy atom. The fourth-order valence-electron chi connectivity index (χ4n) is 2.38. The standard InChI is InChI=1S/C16H19NO4/c18-14-8-4-7-13(14)15(19)9-10-17-16(20)21-11-12-5-2-1-3-6-12/h1-3,5-6,8,13,15,19H,4,7,9-11H2/p+1/t13-,15+/m0/s1. The molecule has 1 aliphatic rings. The number of benzene rings is 1. The van der Waals surface area contributed by atoms with Crippen LogP contribution in [0.15, 0.2) is 30.3 Å². The van der Waals surface area contributed by atoms with Gasteiger partial charge in [-0.25, -0.2) is 9.59 Å². The zero-order chi connectivity index (χ0) is 15.1. The summed E-state index contributed by atoms with van der Waals surface area (Å²) in [6, 6.07) is 9.40. The zero-order valence-corrected chi connectivity index (χ0v) is 11.8. The lowest BCUT2D eigenvalue weighted by atomic mass is 9.97. The van der Waals surface area contributed by atoms with Gasteiger partial charge in [0.15, 0.2) is 0 Å². The summed E-state index contributed by atoms with van der Waals surface area (Å²) < 4.78 is 5.05. The van der Waals surface area contributed by atoms with Crippen LogP contribution in [0.25, 0.3) is 0 Å². The smallest absolute Gasteiger partial charge is 0.407 e. The Hall–Kier alpha value is -2.01. The third-order valence-corrected chi connectivity index (χ3v) is 3.58. The number of hydrogen-bond acceptors (Lipinski definition) is 4. The van der Waals surface area contributed by atoms with E-state index in [2.05, 4.69) is 5.32 Å². The molecule has 0 bridgehead atoms. The van der Waals surface area contributed by atoms with E-state index >= 15 is 0 Å². The summed E-state index contributed by atoms with van der Waals surface area (Å²) in [6.45, 7) is 0.504. The van der Waals surface area contributed by atoms with Crippen molar-refractivity contribution < 1.29 is 19.4 Å². The van der Waals surface area contributed by atoms with Gasteiger partial charge >= 0.3 is 11.9 Å². The highest BCUT2D eigenvalue weighted by atomic mass is 16.5. The Morgan fingerprint density at radius 2 is 2.19 bits per heavy atom. The normalized spacial score (nSPS) is 18.9. The second kappa shape index (κ2) is 7.69. The minimum atomic E-state index is -0.703. The van der Waals surface area contributed by atoms with Crippen LogP contribution >= 0.6 is 0 Å². The fourth-order valence-corrected chi connectivity index (χ4v) is 2.38. The van der Waals surface area contributed by atoms with Crippen molar-refractivity contribution >= 4 is 11.9 Å². The van der Waals surface area contributed by atoms with E-state index in [1.165, 1.54) is 0 Å². The van der Waals surface area contributed by atoms with Gasteiger partial charge in [-0.2, -0.15) is 0 Å². The number of ketones is 1. The first kappa shape index (κ1) is 15.4. The van der Waals surface area contributed by atoms with Gasteiger partial charge in [0.2, 0.25) is 0 Å². The van der Waals surface area contributed by atoms with E-state index in [4.69, 9.17) is 4.74 Å². The van der Waals surface area contributed by atoms with Crippen LogP contribution in [0.3, 0.4) is 0 Å². The molecule has 1 aliphatic carbocycles. The van der Waals surface area contributed by atoms with Crippen molar-refractivity contribution in [2.45, 2.75) is 32.0 Å². The van der Waals surface area contributed by atoms with E-state index in [1.807, 2.05) is 30.3 Å². The number of nitrogens with one attached hydrogen (secondary N) is 1. The van der Waals surface area contributed by atoms with E-state index in [0.29, 0.717) is 19.4 Å². The number of aliphatic hydroxyl groups excluding tert-OH is 1. The van der Waals surface area contributed by atoms with Crippen molar-refractivity contribution in [1.82, 2.24) is 5.32 Å². The lowest BCUT2D eigenvalue weighted by molar-refractivity contribution is -0.121. The average molecular weight is 290 g/mol. The summed E-state index contributed by atoms with van der Waals surface area (Å²) in [6.07, 6.45) is 2.17. The average Bonchev–Trinajstić information content (AvgIpc) is 2.92. The molecule has 0 unspecified atom stereocenters. The van der Waals surface area contributed by atoms with Gasteiger partial charge in [-0.3, -0.25) is 0 Å². The van der Waals surface area contributed by atoms with E-state index in [1.54, 1.807) is 6.42 Å². The molecule has 0 aliphatic heterocycles. The number of Topliss-reactive ketones (excluding diaryl/α,β-unsaturated/α-hetero) is 1. The minimum Gasteiger partial charge on any atom is -0.445 e. The van der Waals surface area contributed by atoms with Gasteiger partial charge in [-0.05, 0) is 12.0 Å². The van der Waals surface area contributed by atoms with Gasteiger partial charge in [-0.15, -0.1) is 0 Å². The highest BCUT2D eigenvalue weighted by molar-refractivity contribution is 5.91. The molecule has 2 rings (SSSR count). The van der Waals surface area contributed by atoms with Crippen LogP contribution in [0, 0.1) is 12.3 Å². The van der Waals surface area contributed by atoms with E-state index in [0.717, 1.165) is 12.0 Å². The highest BCUT2D eigenvalue weighted by Crippen LogP contribution is 2.24. The van der Waals surface area contributed by atoms with E-state index in [9.17, 15) is 14.7 Å². The number of ether oxygens (including phenoxy) is 1. The first-order valence-corrected chi connectivity index (χ1v) is 7.16. The molecule has 1 aromatic rings. The molecule has 2 atom stereocenters. The van der Waals surface area contributed by atoms with Crippen LogP contribution in [0.5, 0.6) is 0 Å². The van der Waals surface area contributed by atoms with Crippen molar-refractivity contribution in [2.24, 2.45) is 5.92 Å². The predicted molar refractivity (Wildman–Crippen MR) is 77.3 cm³/mol. The van der Waals surface area contributed by atoms with Gasteiger partial charge in [0.25, 0.3) is 0 Å². The van der Waals surface area contributed by atoms with E-state index < -0.39 is 12.2 Å². The maximum Gasteiger partial charge on any atom is 0.407 e. The van der Waals surface area contributed by atoms with Crippen molar-refractivity contribution in [2.75, 3.05) is 6.54 Å². The van der Waals surface area contributed by atoms with Gasteiger partial charge in [-0.1, -0.05) is 30.3 Å². The van der Waals surface area contributed by atoms with E-state index in [-0.39, 0.29) is 18.3 Å². The molecule has 5 heteroatoms. The summed E-state index contributed by atoms with van der Waals surface area (Å²) in [4.78, 5) is 22.9. The first-order chi connectivity index (χ1) is 10.2. The number of carbonyl (C=O) groups excluding carboxylic acids is 2. The molecule has 0 aromatic heterocycles. The molecule has 1 aromatic carbocycles. The van der Waals surface area contributed by atoms with Crippen LogP contribution in [-0.4, -0.2) is 29.6 Å². The number of alkyl carbamates (subject to hydrolysis) is 1. The fraction of sp³-hybridized carbons (Fsp3) is 0.438. The largest absolute Gasteiger partial charge is 0.445 e. The Labute approximate surface area is 124 Å². The highest BCUT2D eigenvalue weighted by Gasteiger charge is 2.38. The van der Waals surface area contributed by atoms with Crippen LogP contribution in [0.2, 0.25) is 0 Å². The maximum atomic E-state index is 11.5. The molecule has 0 radical (unpaired) electrons. The van der Waals surface area contributed by atoms with Crippen LogP contribution in [-0.2, 0) is 16.1 Å². The van der Waals surface area contributed by atoms with Crippen LogP contribution in [0.1, 0.15) is 24.8 Å². The SMILES string of the molecule is O=C(NCC[C@@H](O)[C@H]1CC[CH+]C1=O)OCc1ccccc1. The van der Waals surface area contributed by atoms with Gasteiger partial charge in [0, 0.05) is 13.0 Å². The zero-order valence-electron chi connectivity index (χ0n) is 11.8. The van der Waals surface area contributed by atoms with Gasteiger partial charge in [0.1, 0.15) is 13.0 Å². The molecule has 21 heavy (non-hydrogen) atoms. The Bertz CT molecular complexity index is 474. The molecule has 112 valence electrons. The van der Waals surface area contributed by atoms with Crippen molar-refractivity contribution in [3.05, 3.63) is 42.3 Å². The molecular formula is C16H20NO4+. The van der Waals surface area contributed by atoms with Crippen LogP contribution < -0.4 is 5.32 Å². The Morgan fingerprint density at radius 1 is 1.43 bits per heavy atom. The monoisotopic (exact) mass is 290 g/mol. The number of hydrogen-bond donors (Lipinski definition) is 2. The van der Waals surface area contributed by atoms with Crippen molar-refractivity contribution in [3.63, 3.8) is 0 Å². The quantitative estimate of drug-likeness (QED) is 0.784. The summed E-state index contributed by atoms with van der Waals surface area (Å²) in [5.74, 6) is -0.304. The third-order valence-electron chi connectivity index (χ3n) is 3.58. The van der Waals surface area contributed by atoms with Crippen molar-refractivity contribution in [3.8, 4) is 0 Å². The molecule has 1 fully saturated rings. The molecule has 2 N–H and O–H groups in total. The molecular weight excluding hydrogens is 270 g/mol. The van der Waals surface area contributed by atoms with Crippen molar-refractivity contribution in [1.29, 1.82) is 0 Å². The Balaban J connectivity index is 1.62. The second-order valence-corrected chi connectivity index (χ2v) is 5.13.